The zero-order chi connectivity index (χ0) is 24.5. The Morgan fingerprint density at radius 1 is 1.09 bits per heavy atom. The Morgan fingerprint density at radius 3 is 2.40 bits per heavy atom. The quantitative estimate of drug-likeness (QED) is 0.561. The van der Waals surface area contributed by atoms with Gasteiger partial charge in [0.05, 0.1) is 6.42 Å². The van der Waals surface area contributed by atoms with Gasteiger partial charge in [-0.2, -0.15) is 5.10 Å². The van der Waals surface area contributed by atoms with Crippen LogP contribution >= 0.6 is 0 Å². The van der Waals surface area contributed by atoms with Crippen LogP contribution in [0.2, 0.25) is 0 Å². The number of carboxylic acid groups (broad SMARTS) is 1. The predicted octanol–water partition coefficient (Wildman–Crippen LogP) is 3.86. The first-order valence-corrected chi connectivity index (χ1v) is 11.6. The van der Waals surface area contributed by atoms with Crippen molar-refractivity contribution < 1.29 is 24.2 Å². The fourth-order valence-electron chi connectivity index (χ4n) is 5.13. The van der Waals surface area contributed by atoms with Gasteiger partial charge >= 0.3 is 12.1 Å². The van der Waals surface area contributed by atoms with E-state index in [9.17, 15) is 14.4 Å². The Bertz CT molecular complexity index is 1250. The third kappa shape index (κ3) is 4.37. The standard InChI is InChI=1S/C26H26N4O5/c1-29-22(25(33)30-12-6-7-16(30)13-24(31)32)14-23(28-29)27-26(34)35-15-21-19-10-4-2-8-17(19)18-9-3-5-11-20(18)21/h2-5,8-11,14,16,21H,6-7,12-13,15H2,1H3,(H,31,32)(H,27,28,34)/t16-/m1/s1. The predicted molar refractivity (Wildman–Crippen MR) is 128 cm³/mol. The number of anilines is 1. The van der Waals surface area contributed by atoms with Gasteiger partial charge in [0.1, 0.15) is 12.3 Å². The summed E-state index contributed by atoms with van der Waals surface area (Å²) in [7, 11) is 1.61. The summed E-state index contributed by atoms with van der Waals surface area (Å²) in [5, 5.41) is 16.0. The van der Waals surface area contributed by atoms with Crippen molar-refractivity contribution in [3.05, 3.63) is 71.4 Å². The van der Waals surface area contributed by atoms with Gasteiger partial charge in [-0.3, -0.25) is 19.6 Å². The number of hydrogen-bond acceptors (Lipinski definition) is 5. The number of benzene rings is 2. The zero-order valence-electron chi connectivity index (χ0n) is 19.3. The van der Waals surface area contributed by atoms with E-state index in [1.165, 1.54) is 10.7 Å². The molecule has 1 fully saturated rings. The van der Waals surface area contributed by atoms with Crippen LogP contribution in [0.3, 0.4) is 0 Å². The number of nitrogens with one attached hydrogen (secondary N) is 1. The molecular weight excluding hydrogens is 448 g/mol. The zero-order valence-corrected chi connectivity index (χ0v) is 19.3. The first-order chi connectivity index (χ1) is 16.9. The number of ether oxygens (including phenoxy) is 1. The van der Waals surface area contributed by atoms with Crippen LogP contribution < -0.4 is 5.32 Å². The van der Waals surface area contributed by atoms with Gasteiger partial charge in [-0.1, -0.05) is 48.5 Å². The second kappa shape index (κ2) is 9.25. The van der Waals surface area contributed by atoms with Crippen LogP contribution in [-0.2, 0) is 16.6 Å². The number of aromatic nitrogens is 2. The van der Waals surface area contributed by atoms with E-state index in [0.717, 1.165) is 28.7 Å². The molecule has 180 valence electrons. The third-order valence-electron chi connectivity index (χ3n) is 6.72. The highest BCUT2D eigenvalue weighted by Gasteiger charge is 2.33. The van der Waals surface area contributed by atoms with Crippen LogP contribution in [0.25, 0.3) is 11.1 Å². The number of hydrogen-bond donors (Lipinski definition) is 2. The van der Waals surface area contributed by atoms with Gasteiger partial charge in [-0.15, -0.1) is 0 Å². The van der Waals surface area contributed by atoms with Crippen LogP contribution in [0.4, 0.5) is 10.6 Å². The van der Waals surface area contributed by atoms with Crippen LogP contribution in [0.5, 0.6) is 0 Å². The van der Waals surface area contributed by atoms with Crippen molar-refractivity contribution >= 4 is 23.8 Å². The number of carboxylic acids is 1. The minimum Gasteiger partial charge on any atom is -0.481 e. The number of rotatable bonds is 6. The number of fused-ring (bicyclic) bond motifs is 3. The fourth-order valence-corrected chi connectivity index (χ4v) is 5.13. The van der Waals surface area contributed by atoms with Crippen LogP contribution in [0, 0.1) is 0 Å². The molecule has 1 aliphatic heterocycles. The van der Waals surface area contributed by atoms with Crippen LogP contribution in [-0.4, -0.2) is 57.0 Å². The third-order valence-corrected chi connectivity index (χ3v) is 6.72. The van der Waals surface area contributed by atoms with Crippen molar-refractivity contribution in [2.45, 2.75) is 31.2 Å². The highest BCUT2D eigenvalue weighted by molar-refractivity contribution is 5.95. The van der Waals surface area contributed by atoms with Gasteiger partial charge in [0, 0.05) is 31.6 Å². The lowest BCUT2D eigenvalue weighted by molar-refractivity contribution is -0.137. The first-order valence-electron chi connectivity index (χ1n) is 11.6. The second-order valence-electron chi connectivity index (χ2n) is 8.88. The van der Waals surface area contributed by atoms with E-state index in [2.05, 4.69) is 22.5 Å². The molecule has 3 aromatic rings. The van der Waals surface area contributed by atoms with Gasteiger partial charge in [0.15, 0.2) is 5.82 Å². The van der Waals surface area contributed by atoms with Gasteiger partial charge in [-0.25, -0.2) is 4.79 Å². The molecule has 1 aliphatic carbocycles. The lowest BCUT2D eigenvalue weighted by atomic mass is 9.98. The van der Waals surface area contributed by atoms with Gasteiger partial charge in [-0.05, 0) is 35.1 Å². The summed E-state index contributed by atoms with van der Waals surface area (Å²) in [5.74, 6) is -1.10. The molecule has 9 nitrogen and oxygen atoms in total. The number of aryl methyl sites for hydroxylation is 1. The summed E-state index contributed by atoms with van der Waals surface area (Å²) < 4.78 is 6.94. The Balaban J connectivity index is 1.24. The molecule has 0 bridgehead atoms. The molecule has 1 atom stereocenters. The number of aliphatic carboxylic acids is 1. The maximum atomic E-state index is 13.0. The highest BCUT2D eigenvalue weighted by Crippen LogP contribution is 2.44. The average Bonchev–Trinajstić information content (AvgIpc) is 3.53. The first kappa shape index (κ1) is 22.6. The number of carbonyl (C=O) groups excluding carboxylic acids is 2. The van der Waals surface area contributed by atoms with Crippen molar-refractivity contribution in [2.75, 3.05) is 18.5 Å². The summed E-state index contributed by atoms with van der Waals surface area (Å²) >= 11 is 0. The Labute approximate surface area is 202 Å². The number of carbonyl (C=O) groups is 3. The van der Waals surface area contributed by atoms with Gasteiger partial charge in [0.25, 0.3) is 5.91 Å². The van der Waals surface area contributed by atoms with E-state index in [1.54, 1.807) is 11.9 Å². The maximum Gasteiger partial charge on any atom is 0.412 e. The summed E-state index contributed by atoms with van der Waals surface area (Å²) in [5.41, 5.74) is 4.81. The van der Waals surface area contributed by atoms with Crippen molar-refractivity contribution in [2.24, 2.45) is 7.05 Å². The Morgan fingerprint density at radius 2 is 1.74 bits per heavy atom. The number of nitrogens with zero attached hydrogens (tertiary/aromatic N) is 3. The second-order valence-corrected chi connectivity index (χ2v) is 8.88. The van der Waals surface area contributed by atoms with Gasteiger partial charge in [0.2, 0.25) is 0 Å². The molecular formula is C26H26N4O5. The van der Waals surface area contributed by atoms with E-state index in [4.69, 9.17) is 9.84 Å². The minimum absolute atomic E-state index is 0.0599. The lowest BCUT2D eigenvalue weighted by Gasteiger charge is -2.23. The summed E-state index contributed by atoms with van der Waals surface area (Å²) in [6.45, 7) is 0.667. The van der Waals surface area contributed by atoms with E-state index >= 15 is 0 Å². The SMILES string of the molecule is Cn1nc(NC(=O)OCC2c3ccccc3-c3ccccc32)cc1C(=O)N1CCC[C@@H]1CC(=O)O. The molecule has 1 saturated heterocycles. The monoisotopic (exact) mass is 474 g/mol. The van der Waals surface area contributed by atoms with Crippen molar-refractivity contribution in [1.82, 2.24) is 14.7 Å². The van der Waals surface area contributed by atoms with Crippen molar-refractivity contribution in [3.63, 3.8) is 0 Å². The number of likely N-dealkylation sites (tertiary alicyclic amines) is 1. The maximum absolute atomic E-state index is 13.0. The molecule has 1 aromatic heterocycles. The van der Waals surface area contributed by atoms with Gasteiger partial charge < -0.3 is 14.7 Å². The molecule has 2 N–H and O–H groups in total. The molecule has 0 saturated carbocycles. The van der Waals surface area contributed by atoms with Crippen molar-refractivity contribution in [1.29, 1.82) is 0 Å². The van der Waals surface area contributed by atoms with E-state index in [0.29, 0.717) is 13.0 Å². The Kier molecular flexibility index (Phi) is 5.98. The van der Waals surface area contributed by atoms with E-state index < -0.39 is 12.1 Å². The molecule has 0 radical (unpaired) electrons. The summed E-state index contributed by atoms with van der Waals surface area (Å²) in [6.07, 6.45) is 0.663. The molecule has 2 aliphatic rings. The molecule has 9 heteroatoms. The minimum atomic E-state index is -0.933. The average molecular weight is 475 g/mol. The molecule has 5 rings (SSSR count). The largest absolute Gasteiger partial charge is 0.481 e. The van der Waals surface area contributed by atoms with Crippen LogP contribution in [0.15, 0.2) is 54.6 Å². The van der Waals surface area contributed by atoms with Crippen LogP contribution in [0.1, 0.15) is 46.8 Å². The fraction of sp³-hybridized carbons (Fsp3) is 0.308. The molecule has 0 spiro atoms. The Hall–Kier alpha value is -4.14. The molecule has 2 aromatic carbocycles. The van der Waals surface area contributed by atoms with E-state index in [1.807, 2.05) is 36.4 Å². The molecule has 2 amide bonds. The molecule has 2 heterocycles. The summed E-state index contributed by atoms with van der Waals surface area (Å²) in [4.78, 5) is 38.3. The highest BCUT2D eigenvalue weighted by atomic mass is 16.5. The molecule has 0 unspecified atom stereocenters. The summed E-state index contributed by atoms with van der Waals surface area (Å²) in [6, 6.07) is 17.3. The normalized spacial score (nSPS) is 16.6. The topological polar surface area (TPSA) is 114 Å². The molecule has 35 heavy (non-hydrogen) atoms. The lowest BCUT2D eigenvalue weighted by Crippen LogP contribution is -2.37. The van der Waals surface area contributed by atoms with Crippen molar-refractivity contribution in [3.8, 4) is 11.1 Å². The van der Waals surface area contributed by atoms with E-state index in [-0.39, 0.29) is 42.4 Å². The smallest absolute Gasteiger partial charge is 0.412 e. The number of amides is 2.